The van der Waals surface area contributed by atoms with Crippen LogP contribution in [0.25, 0.3) is 0 Å². The zero-order valence-corrected chi connectivity index (χ0v) is 16.3. The molecule has 5 nitrogen and oxygen atoms in total. The minimum Gasteiger partial charge on any atom is -0.423 e. The van der Waals surface area contributed by atoms with Crippen LogP contribution >= 0.6 is 0 Å². The third-order valence-electron chi connectivity index (χ3n) is 5.31. The van der Waals surface area contributed by atoms with Gasteiger partial charge in [0.1, 0.15) is 17.0 Å². The summed E-state index contributed by atoms with van der Waals surface area (Å²) >= 11 is 0. The highest BCUT2D eigenvalue weighted by Gasteiger charge is 2.51. The lowest BCUT2D eigenvalue weighted by Crippen LogP contribution is -2.39. The second-order valence-corrected chi connectivity index (χ2v) is 7.17. The lowest BCUT2D eigenvalue weighted by Gasteiger charge is -2.29. The summed E-state index contributed by atoms with van der Waals surface area (Å²) in [4.78, 5) is 13.2. The molecule has 3 aromatic carbocycles. The van der Waals surface area contributed by atoms with Crippen LogP contribution in [-0.4, -0.2) is 29.4 Å². The molecule has 1 aliphatic heterocycles. The van der Waals surface area contributed by atoms with Crippen molar-refractivity contribution in [3.05, 3.63) is 88.7 Å². The SMILES string of the molecule is O=C1Nc2c(ccc(F)c2F)C1(c1ccc(OC(F)(F)F)cc1)c1ccc(B(O)O)c(F)c1. The lowest BCUT2D eigenvalue weighted by atomic mass is 9.69. The van der Waals surface area contributed by atoms with E-state index in [1.54, 1.807) is 0 Å². The van der Waals surface area contributed by atoms with E-state index in [0.717, 1.165) is 48.5 Å². The third kappa shape index (κ3) is 3.70. The Morgan fingerprint density at radius 2 is 1.52 bits per heavy atom. The molecule has 0 spiro atoms. The number of anilines is 1. The monoisotopic (exact) mass is 467 g/mol. The van der Waals surface area contributed by atoms with E-state index in [1.807, 2.05) is 0 Å². The summed E-state index contributed by atoms with van der Waals surface area (Å²) in [7, 11) is -2.16. The fourth-order valence-electron chi connectivity index (χ4n) is 3.93. The molecule has 0 fully saturated rings. The number of alkyl halides is 3. The van der Waals surface area contributed by atoms with E-state index in [0.29, 0.717) is 0 Å². The molecule has 0 saturated heterocycles. The van der Waals surface area contributed by atoms with E-state index in [2.05, 4.69) is 10.1 Å². The average Bonchev–Trinajstić information content (AvgIpc) is 3.03. The number of nitrogens with one attached hydrogen (secondary N) is 1. The molecular weight excluding hydrogens is 455 g/mol. The van der Waals surface area contributed by atoms with Crippen LogP contribution in [0, 0.1) is 17.5 Å². The van der Waals surface area contributed by atoms with E-state index >= 15 is 0 Å². The first-order valence-corrected chi connectivity index (χ1v) is 9.27. The van der Waals surface area contributed by atoms with Gasteiger partial charge >= 0.3 is 13.5 Å². The van der Waals surface area contributed by atoms with Crippen molar-refractivity contribution in [2.75, 3.05) is 5.32 Å². The Morgan fingerprint density at radius 1 is 0.879 bits per heavy atom. The summed E-state index contributed by atoms with van der Waals surface area (Å²) in [5.74, 6) is -5.27. The Hall–Kier alpha value is -3.51. The van der Waals surface area contributed by atoms with Crippen LogP contribution in [0.5, 0.6) is 5.75 Å². The molecule has 0 saturated carbocycles. The average molecular weight is 467 g/mol. The largest absolute Gasteiger partial charge is 0.573 e. The van der Waals surface area contributed by atoms with Gasteiger partial charge in [-0.2, -0.15) is 0 Å². The minimum absolute atomic E-state index is 0.00372. The van der Waals surface area contributed by atoms with Crippen molar-refractivity contribution in [2.45, 2.75) is 11.8 Å². The molecule has 1 atom stereocenters. The highest BCUT2D eigenvalue weighted by molar-refractivity contribution is 6.58. The molecule has 0 radical (unpaired) electrons. The molecular formula is C21H12BF6NO4. The number of amides is 1. The number of fused-ring (bicyclic) bond motifs is 1. The zero-order chi connectivity index (χ0) is 24.1. The predicted molar refractivity (Wildman–Crippen MR) is 104 cm³/mol. The summed E-state index contributed by atoms with van der Waals surface area (Å²) in [6.07, 6.45) is -4.97. The van der Waals surface area contributed by atoms with Crippen molar-refractivity contribution in [3.63, 3.8) is 0 Å². The summed E-state index contributed by atoms with van der Waals surface area (Å²) in [6.45, 7) is 0. The molecule has 1 amide bonds. The maximum Gasteiger partial charge on any atom is 0.573 e. The van der Waals surface area contributed by atoms with Gasteiger partial charge in [0.15, 0.2) is 11.6 Å². The van der Waals surface area contributed by atoms with Gasteiger partial charge in [0.05, 0.1) is 5.69 Å². The summed E-state index contributed by atoms with van der Waals surface area (Å²) < 4.78 is 84.3. The van der Waals surface area contributed by atoms with Crippen molar-refractivity contribution in [1.82, 2.24) is 0 Å². The molecule has 12 heteroatoms. The first-order valence-electron chi connectivity index (χ1n) is 9.27. The van der Waals surface area contributed by atoms with Crippen LogP contribution in [-0.2, 0) is 10.2 Å². The molecule has 0 bridgehead atoms. The Labute approximate surface area is 182 Å². The Kier molecular flexibility index (Phi) is 5.37. The number of halogens is 6. The number of hydrogen-bond acceptors (Lipinski definition) is 4. The first-order chi connectivity index (χ1) is 15.4. The van der Waals surface area contributed by atoms with Crippen LogP contribution in [0.15, 0.2) is 54.6 Å². The Balaban J connectivity index is 1.97. The molecule has 4 rings (SSSR count). The fraction of sp³-hybridized carbons (Fsp3) is 0.0952. The van der Waals surface area contributed by atoms with Gasteiger partial charge in [-0.3, -0.25) is 4.79 Å². The van der Waals surface area contributed by atoms with Crippen LogP contribution in [0.3, 0.4) is 0 Å². The molecule has 0 aliphatic carbocycles. The van der Waals surface area contributed by atoms with E-state index in [-0.39, 0.29) is 16.7 Å². The number of rotatable bonds is 4. The van der Waals surface area contributed by atoms with Crippen LogP contribution in [0.1, 0.15) is 16.7 Å². The molecule has 0 aromatic heterocycles. The Bertz CT molecular complexity index is 1250. The van der Waals surface area contributed by atoms with E-state index in [1.165, 1.54) is 6.07 Å². The predicted octanol–water partition coefficient (Wildman–Crippen LogP) is 2.97. The maximum absolute atomic E-state index is 14.6. The van der Waals surface area contributed by atoms with E-state index < -0.39 is 59.2 Å². The second-order valence-electron chi connectivity index (χ2n) is 7.17. The number of hydrogen-bond donors (Lipinski definition) is 3. The topological polar surface area (TPSA) is 78.8 Å². The quantitative estimate of drug-likeness (QED) is 0.408. The van der Waals surface area contributed by atoms with Crippen molar-refractivity contribution in [1.29, 1.82) is 0 Å². The summed E-state index contributed by atoms with van der Waals surface area (Å²) in [5.41, 5.74) is -3.26. The van der Waals surface area contributed by atoms with Crippen molar-refractivity contribution >= 4 is 24.2 Å². The van der Waals surface area contributed by atoms with Crippen molar-refractivity contribution < 1.29 is 45.9 Å². The van der Waals surface area contributed by atoms with Gasteiger partial charge in [-0.05, 0) is 35.4 Å². The number of carbonyl (C=O) groups is 1. The molecule has 1 unspecified atom stereocenters. The summed E-state index contributed by atoms with van der Waals surface area (Å²) in [6, 6.07) is 8.86. The van der Waals surface area contributed by atoms with Crippen LogP contribution < -0.4 is 15.5 Å². The van der Waals surface area contributed by atoms with Gasteiger partial charge in [-0.1, -0.05) is 30.3 Å². The van der Waals surface area contributed by atoms with Crippen molar-refractivity contribution in [3.8, 4) is 5.75 Å². The first kappa shape index (κ1) is 22.7. The molecule has 33 heavy (non-hydrogen) atoms. The third-order valence-corrected chi connectivity index (χ3v) is 5.31. The molecule has 3 N–H and O–H groups in total. The smallest absolute Gasteiger partial charge is 0.423 e. The van der Waals surface area contributed by atoms with Gasteiger partial charge in [-0.25, -0.2) is 13.2 Å². The van der Waals surface area contributed by atoms with Crippen LogP contribution in [0.2, 0.25) is 0 Å². The minimum atomic E-state index is -4.97. The van der Waals surface area contributed by atoms with Gasteiger partial charge < -0.3 is 20.1 Å². The van der Waals surface area contributed by atoms with E-state index in [9.17, 15) is 41.2 Å². The Morgan fingerprint density at radius 3 is 2.09 bits per heavy atom. The van der Waals surface area contributed by atoms with Gasteiger partial charge in [0, 0.05) is 11.0 Å². The number of benzene rings is 3. The lowest BCUT2D eigenvalue weighted by molar-refractivity contribution is -0.274. The molecule has 1 heterocycles. The standard InChI is InChI=1S/C21H12BF6NO4/c23-15-8-6-13-18(17(15)25)29-19(30)20(13,11-3-7-14(22(31)32)16(24)9-11)10-1-4-12(5-2-10)33-21(26,27)28/h1-9,31-32H,(H,29,30). The highest BCUT2D eigenvalue weighted by Crippen LogP contribution is 2.49. The van der Waals surface area contributed by atoms with Gasteiger partial charge in [-0.15, -0.1) is 13.2 Å². The highest BCUT2D eigenvalue weighted by atomic mass is 19.4. The second kappa shape index (κ2) is 7.82. The van der Waals surface area contributed by atoms with E-state index in [4.69, 9.17) is 0 Å². The molecule has 3 aromatic rings. The normalized spacial score (nSPS) is 17.5. The number of carbonyl (C=O) groups excluding carboxylic acids is 1. The van der Waals surface area contributed by atoms with Crippen molar-refractivity contribution in [2.24, 2.45) is 0 Å². The van der Waals surface area contributed by atoms with Gasteiger partial charge in [0.25, 0.3) is 0 Å². The molecule has 170 valence electrons. The summed E-state index contributed by atoms with van der Waals surface area (Å²) in [5, 5.41) is 20.8. The zero-order valence-electron chi connectivity index (χ0n) is 16.3. The maximum atomic E-state index is 14.6. The molecule has 1 aliphatic rings. The van der Waals surface area contributed by atoms with Gasteiger partial charge in [0.2, 0.25) is 5.91 Å². The number of ether oxygens (including phenoxy) is 1. The van der Waals surface area contributed by atoms with Crippen LogP contribution in [0.4, 0.5) is 32.0 Å². The fourth-order valence-corrected chi connectivity index (χ4v) is 3.93.